The van der Waals surface area contributed by atoms with Crippen LogP contribution in [0, 0.1) is 27.7 Å². The average molecular weight is 367 g/mol. The van der Waals surface area contributed by atoms with E-state index in [-0.39, 0.29) is 0 Å². The van der Waals surface area contributed by atoms with Gasteiger partial charge in [-0.25, -0.2) is 0 Å². The monoisotopic (exact) mass is 366 g/mol. The highest BCUT2D eigenvalue weighted by molar-refractivity contribution is 5.96. The van der Waals surface area contributed by atoms with Crippen molar-refractivity contribution in [1.29, 1.82) is 0 Å². The van der Waals surface area contributed by atoms with E-state index in [0.717, 1.165) is 56.5 Å². The lowest BCUT2D eigenvalue weighted by atomic mass is 10.1. The molecule has 0 aromatic heterocycles. The van der Waals surface area contributed by atoms with E-state index in [0.29, 0.717) is 0 Å². The SMILES string of the molecule is COc1cc(C)c(N=C(C)/C=C(\C)Nc2c(C)cc(OC)cc2C)c(C)c1. The van der Waals surface area contributed by atoms with E-state index in [1.807, 2.05) is 31.2 Å². The summed E-state index contributed by atoms with van der Waals surface area (Å²) in [7, 11) is 3.37. The third kappa shape index (κ3) is 5.13. The lowest BCUT2D eigenvalue weighted by Crippen LogP contribution is -2.03. The number of nitrogens with one attached hydrogen (secondary N) is 1. The zero-order valence-corrected chi connectivity index (χ0v) is 17.7. The Kier molecular flexibility index (Phi) is 6.67. The summed E-state index contributed by atoms with van der Waals surface area (Å²) in [5.74, 6) is 1.74. The molecular weight excluding hydrogens is 336 g/mol. The Hall–Kier alpha value is -2.75. The minimum atomic E-state index is 0.862. The van der Waals surface area contributed by atoms with Gasteiger partial charge in [0.1, 0.15) is 11.5 Å². The molecule has 0 bridgehead atoms. The van der Waals surface area contributed by atoms with Crippen LogP contribution in [0.3, 0.4) is 0 Å². The van der Waals surface area contributed by atoms with Crippen molar-refractivity contribution in [1.82, 2.24) is 0 Å². The molecule has 144 valence electrons. The molecule has 0 saturated heterocycles. The Morgan fingerprint density at radius 3 is 1.70 bits per heavy atom. The fourth-order valence-corrected chi connectivity index (χ4v) is 3.20. The predicted molar refractivity (Wildman–Crippen MR) is 115 cm³/mol. The number of hydrogen-bond donors (Lipinski definition) is 1. The molecule has 0 aliphatic heterocycles. The summed E-state index contributed by atoms with van der Waals surface area (Å²) in [5, 5.41) is 3.50. The summed E-state index contributed by atoms with van der Waals surface area (Å²) in [6.45, 7) is 12.3. The Morgan fingerprint density at radius 2 is 1.26 bits per heavy atom. The molecule has 2 rings (SSSR count). The van der Waals surface area contributed by atoms with Crippen LogP contribution in [0.25, 0.3) is 0 Å². The second kappa shape index (κ2) is 8.76. The van der Waals surface area contributed by atoms with Crippen molar-refractivity contribution in [2.75, 3.05) is 19.5 Å². The maximum Gasteiger partial charge on any atom is 0.119 e. The number of methoxy groups -OCH3 is 2. The first-order chi connectivity index (χ1) is 12.7. The quantitative estimate of drug-likeness (QED) is 0.633. The zero-order chi connectivity index (χ0) is 20.1. The molecule has 0 fully saturated rings. The van der Waals surface area contributed by atoms with E-state index >= 15 is 0 Å². The number of aliphatic imine (C=N–C) groups is 1. The molecule has 4 nitrogen and oxygen atoms in total. The van der Waals surface area contributed by atoms with Gasteiger partial charge in [0.25, 0.3) is 0 Å². The minimum absolute atomic E-state index is 0.862. The fourth-order valence-electron chi connectivity index (χ4n) is 3.20. The van der Waals surface area contributed by atoms with Crippen molar-refractivity contribution < 1.29 is 9.47 Å². The lowest BCUT2D eigenvalue weighted by molar-refractivity contribution is 0.414. The zero-order valence-electron chi connectivity index (χ0n) is 17.7. The first kappa shape index (κ1) is 20.6. The van der Waals surface area contributed by atoms with Gasteiger partial charge in [-0.1, -0.05) is 0 Å². The van der Waals surface area contributed by atoms with Gasteiger partial charge in [0, 0.05) is 17.1 Å². The minimum Gasteiger partial charge on any atom is -0.497 e. The number of rotatable bonds is 6. The molecule has 0 unspecified atom stereocenters. The first-order valence-electron chi connectivity index (χ1n) is 9.06. The highest BCUT2D eigenvalue weighted by Gasteiger charge is 2.07. The van der Waals surface area contributed by atoms with Crippen molar-refractivity contribution in [2.24, 2.45) is 4.99 Å². The molecule has 4 heteroatoms. The first-order valence-corrected chi connectivity index (χ1v) is 9.06. The molecule has 2 aromatic rings. The Labute approximate surface area is 162 Å². The molecule has 0 radical (unpaired) electrons. The number of allylic oxidation sites excluding steroid dienone is 2. The topological polar surface area (TPSA) is 42.8 Å². The van der Waals surface area contributed by atoms with E-state index in [4.69, 9.17) is 14.5 Å². The van der Waals surface area contributed by atoms with Crippen LogP contribution in [0.2, 0.25) is 0 Å². The van der Waals surface area contributed by atoms with Crippen molar-refractivity contribution in [2.45, 2.75) is 41.5 Å². The third-order valence-electron chi connectivity index (χ3n) is 4.48. The second-order valence-electron chi connectivity index (χ2n) is 6.95. The molecule has 0 saturated carbocycles. The van der Waals surface area contributed by atoms with Gasteiger partial charge in [-0.2, -0.15) is 0 Å². The van der Waals surface area contributed by atoms with Crippen LogP contribution in [-0.4, -0.2) is 19.9 Å². The van der Waals surface area contributed by atoms with Gasteiger partial charge in [0.15, 0.2) is 0 Å². The van der Waals surface area contributed by atoms with Gasteiger partial charge >= 0.3 is 0 Å². The normalized spacial score (nSPS) is 12.1. The summed E-state index contributed by atoms with van der Waals surface area (Å²) in [4.78, 5) is 4.81. The molecule has 0 atom stereocenters. The third-order valence-corrected chi connectivity index (χ3v) is 4.48. The van der Waals surface area contributed by atoms with Crippen LogP contribution in [0.4, 0.5) is 11.4 Å². The van der Waals surface area contributed by atoms with E-state index in [1.165, 1.54) is 0 Å². The number of anilines is 1. The lowest BCUT2D eigenvalue weighted by Gasteiger charge is -2.15. The van der Waals surface area contributed by atoms with Crippen molar-refractivity contribution in [3.05, 3.63) is 58.3 Å². The van der Waals surface area contributed by atoms with Crippen LogP contribution in [-0.2, 0) is 0 Å². The Balaban J connectivity index is 2.27. The molecular formula is C23H30N2O2. The molecule has 0 aliphatic rings. The number of ether oxygens (including phenoxy) is 2. The van der Waals surface area contributed by atoms with Crippen molar-refractivity contribution in [3.63, 3.8) is 0 Å². The summed E-state index contributed by atoms with van der Waals surface area (Å²) in [6.07, 6.45) is 2.06. The number of aryl methyl sites for hydroxylation is 4. The van der Waals surface area contributed by atoms with Gasteiger partial charge in [-0.05, 0) is 94.1 Å². The summed E-state index contributed by atoms with van der Waals surface area (Å²) in [5.41, 5.74) is 8.59. The van der Waals surface area contributed by atoms with Gasteiger partial charge in [0.05, 0.1) is 19.9 Å². The average Bonchev–Trinajstić information content (AvgIpc) is 2.60. The van der Waals surface area contributed by atoms with Gasteiger partial charge in [-0.15, -0.1) is 0 Å². The number of nitrogens with zero attached hydrogens (tertiary/aromatic N) is 1. The van der Waals surface area contributed by atoms with Crippen molar-refractivity contribution >= 4 is 17.1 Å². The van der Waals surface area contributed by atoms with Crippen LogP contribution >= 0.6 is 0 Å². The maximum atomic E-state index is 5.34. The smallest absolute Gasteiger partial charge is 0.119 e. The summed E-state index contributed by atoms with van der Waals surface area (Å²) in [6, 6.07) is 8.09. The van der Waals surface area contributed by atoms with Gasteiger partial charge < -0.3 is 14.8 Å². The molecule has 0 amide bonds. The molecule has 2 aromatic carbocycles. The fraction of sp³-hybridized carbons (Fsp3) is 0.348. The predicted octanol–water partition coefficient (Wildman–Crippen LogP) is 6.05. The van der Waals surface area contributed by atoms with Crippen LogP contribution in [0.1, 0.15) is 36.1 Å². The van der Waals surface area contributed by atoms with E-state index in [1.54, 1.807) is 14.2 Å². The highest BCUT2D eigenvalue weighted by Crippen LogP contribution is 2.29. The largest absolute Gasteiger partial charge is 0.497 e. The van der Waals surface area contributed by atoms with Crippen LogP contribution in [0.5, 0.6) is 11.5 Å². The van der Waals surface area contributed by atoms with E-state index in [9.17, 15) is 0 Å². The molecule has 1 N–H and O–H groups in total. The highest BCUT2D eigenvalue weighted by atomic mass is 16.5. The van der Waals surface area contributed by atoms with Gasteiger partial charge in [-0.3, -0.25) is 4.99 Å². The van der Waals surface area contributed by atoms with E-state index in [2.05, 4.69) is 46.0 Å². The number of benzene rings is 2. The molecule has 0 heterocycles. The summed E-state index contributed by atoms with van der Waals surface area (Å²) >= 11 is 0. The number of hydrogen-bond acceptors (Lipinski definition) is 4. The molecule has 0 aliphatic carbocycles. The Morgan fingerprint density at radius 1 is 0.815 bits per heavy atom. The van der Waals surface area contributed by atoms with Crippen molar-refractivity contribution in [3.8, 4) is 11.5 Å². The van der Waals surface area contributed by atoms with E-state index < -0.39 is 0 Å². The second-order valence-corrected chi connectivity index (χ2v) is 6.95. The standard InChI is InChI=1S/C23H30N2O2/c1-14-9-20(26-7)10-15(2)22(14)24-18(5)13-19(6)25-23-16(3)11-21(27-8)12-17(23)4/h9-13,24H,1-8H3/b18-13+,25-19?. The summed E-state index contributed by atoms with van der Waals surface area (Å²) < 4.78 is 10.7. The molecule has 0 spiro atoms. The van der Waals surface area contributed by atoms with Crippen LogP contribution in [0.15, 0.2) is 41.0 Å². The Bertz CT molecular complexity index is 849. The molecule has 27 heavy (non-hydrogen) atoms. The van der Waals surface area contributed by atoms with Crippen LogP contribution < -0.4 is 14.8 Å². The van der Waals surface area contributed by atoms with Gasteiger partial charge in [0.2, 0.25) is 0 Å². The maximum absolute atomic E-state index is 5.34.